The summed E-state index contributed by atoms with van der Waals surface area (Å²) in [5.74, 6) is -2.54. The van der Waals surface area contributed by atoms with Crippen LogP contribution in [0, 0.1) is 35.0 Å². The van der Waals surface area contributed by atoms with Crippen LogP contribution in [0.5, 0.6) is 0 Å². The molecular weight excluding hydrogens is 402 g/mol. The van der Waals surface area contributed by atoms with E-state index in [0.29, 0.717) is 37.5 Å². The Morgan fingerprint density at radius 3 is 1.69 bits per heavy atom. The summed E-state index contributed by atoms with van der Waals surface area (Å²) in [6, 6.07) is 0. The lowest BCUT2D eigenvalue weighted by Gasteiger charge is -2.57. The third-order valence-electron chi connectivity index (χ3n) is 7.60. The molecular formula is C20H28F6O3. The van der Waals surface area contributed by atoms with Gasteiger partial charge in [-0.15, -0.1) is 0 Å². The molecule has 3 nitrogen and oxygen atoms in total. The standard InChI is InChI=1S/C20H28F6O3/c1-4-17(2,3)16(27)29-15(18(28,19(21,22)23)20(24,25)26)14-12-6-10-5-11(8-12)9-13(14)7-10/h10-15,28H,4-9H2,1-3H3. The van der Waals surface area contributed by atoms with E-state index in [2.05, 4.69) is 0 Å². The first-order chi connectivity index (χ1) is 13.1. The Bertz CT molecular complexity index is 597. The number of hydrogen-bond acceptors (Lipinski definition) is 3. The highest BCUT2D eigenvalue weighted by Gasteiger charge is 2.78. The van der Waals surface area contributed by atoms with E-state index in [0.717, 1.165) is 6.42 Å². The van der Waals surface area contributed by atoms with Crippen molar-refractivity contribution < 1.29 is 41.0 Å². The van der Waals surface area contributed by atoms with Gasteiger partial charge >= 0.3 is 18.3 Å². The fourth-order valence-electron chi connectivity index (χ4n) is 5.81. The van der Waals surface area contributed by atoms with Crippen LogP contribution in [0.15, 0.2) is 0 Å². The molecule has 4 aliphatic rings. The van der Waals surface area contributed by atoms with Crippen molar-refractivity contribution in [1.82, 2.24) is 0 Å². The molecule has 168 valence electrons. The molecule has 4 rings (SSSR count). The first-order valence-electron chi connectivity index (χ1n) is 10.2. The van der Waals surface area contributed by atoms with Gasteiger partial charge in [0.15, 0.2) is 6.10 Å². The van der Waals surface area contributed by atoms with Crippen LogP contribution in [-0.4, -0.2) is 35.1 Å². The molecule has 4 fully saturated rings. The summed E-state index contributed by atoms with van der Waals surface area (Å²) >= 11 is 0. The first-order valence-corrected chi connectivity index (χ1v) is 10.2. The zero-order valence-corrected chi connectivity index (χ0v) is 16.7. The van der Waals surface area contributed by atoms with Gasteiger partial charge in [0.1, 0.15) is 0 Å². The van der Waals surface area contributed by atoms with Crippen LogP contribution in [0.4, 0.5) is 26.3 Å². The van der Waals surface area contributed by atoms with Crippen molar-refractivity contribution >= 4 is 5.97 Å². The van der Waals surface area contributed by atoms with Gasteiger partial charge in [-0.2, -0.15) is 26.3 Å². The molecule has 4 saturated carbocycles. The maximum Gasteiger partial charge on any atom is 0.430 e. The van der Waals surface area contributed by atoms with E-state index >= 15 is 0 Å². The Morgan fingerprint density at radius 1 is 0.931 bits per heavy atom. The molecule has 9 heteroatoms. The molecule has 1 atom stereocenters. The second-order valence-electron chi connectivity index (χ2n) is 9.83. The van der Waals surface area contributed by atoms with Gasteiger partial charge in [0.25, 0.3) is 5.60 Å². The number of aliphatic hydroxyl groups is 1. The van der Waals surface area contributed by atoms with Crippen LogP contribution in [0.1, 0.15) is 59.3 Å². The summed E-state index contributed by atoms with van der Waals surface area (Å²) < 4.78 is 87.4. The van der Waals surface area contributed by atoms with Crippen molar-refractivity contribution in [1.29, 1.82) is 0 Å². The zero-order valence-electron chi connectivity index (χ0n) is 16.7. The summed E-state index contributed by atoms with van der Waals surface area (Å²) in [4.78, 5) is 12.6. The summed E-state index contributed by atoms with van der Waals surface area (Å²) in [5.41, 5.74) is -6.36. The summed E-state index contributed by atoms with van der Waals surface area (Å²) in [6.45, 7) is 4.41. The number of esters is 1. The van der Waals surface area contributed by atoms with Crippen molar-refractivity contribution in [3.8, 4) is 0 Å². The Labute approximate surface area is 166 Å². The molecule has 0 radical (unpaired) electrons. The first kappa shape index (κ1) is 22.7. The molecule has 0 aromatic rings. The Morgan fingerprint density at radius 2 is 1.34 bits per heavy atom. The fraction of sp³-hybridized carbons (Fsp3) is 0.950. The molecule has 0 aromatic heterocycles. The number of carbonyl (C=O) groups excluding carboxylic acids is 1. The monoisotopic (exact) mass is 430 g/mol. The SMILES string of the molecule is CCC(C)(C)C(=O)OC(C1C2CC3CC(C2)CC1C3)C(O)(C(F)(F)F)C(F)(F)F. The molecule has 4 aliphatic carbocycles. The van der Waals surface area contributed by atoms with Gasteiger partial charge in [-0.3, -0.25) is 4.79 Å². The normalized spacial score (nSPS) is 33.7. The Hall–Kier alpha value is -0.990. The van der Waals surface area contributed by atoms with Crippen molar-refractivity contribution in [2.75, 3.05) is 0 Å². The molecule has 29 heavy (non-hydrogen) atoms. The number of hydrogen-bond donors (Lipinski definition) is 1. The van der Waals surface area contributed by atoms with Crippen LogP contribution in [0.2, 0.25) is 0 Å². The molecule has 0 aliphatic heterocycles. The van der Waals surface area contributed by atoms with E-state index in [4.69, 9.17) is 4.74 Å². The van der Waals surface area contributed by atoms with E-state index in [-0.39, 0.29) is 6.42 Å². The second kappa shape index (κ2) is 7.02. The number of ether oxygens (including phenoxy) is 1. The number of halogens is 6. The van der Waals surface area contributed by atoms with E-state index in [1.807, 2.05) is 0 Å². The molecule has 0 amide bonds. The van der Waals surface area contributed by atoms with Gasteiger partial charge in [0.2, 0.25) is 0 Å². The third kappa shape index (κ3) is 3.65. The lowest BCUT2D eigenvalue weighted by atomic mass is 9.49. The minimum atomic E-state index is -6.03. The average Bonchev–Trinajstić information content (AvgIpc) is 2.56. The minimum Gasteiger partial charge on any atom is -0.458 e. The van der Waals surface area contributed by atoms with Crippen LogP contribution in [0.3, 0.4) is 0 Å². The lowest BCUT2D eigenvalue weighted by molar-refractivity contribution is -0.401. The molecule has 0 saturated heterocycles. The topological polar surface area (TPSA) is 46.5 Å². The van der Waals surface area contributed by atoms with Crippen molar-refractivity contribution in [2.45, 2.75) is 83.4 Å². The van der Waals surface area contributed by atoms with Gasteiger partial charge in [0, 0.05) is 5.92 Å². The van der Waals surface area contributed by atoms with Crippen molar-refractivity contribution in [3.63, 3.8) is 0 Å². The smallest absolute Gasteiger partial charge is 0.430 e. The molecule has 0 aromatic carbocycles. The highest BCUT2D eigenvalue weighted by Crippen LogP contribution is 2.61. The fourth-order valence-corrected chi connectivity index (χ4v) is 5.81. The number of alkyl halides is 6. The van der Waals surface area contributed by atoms with E-state index in [1.54, 1.807) is 6.92 Å². The molecule has 1 N–H and O–H groups in total. The quantitative estimate of drug-likeness (QED) is 0.478. The Balaban J connectivity index is 2.06. The largest absolute Gasteiger partial charge is 0.458 e. The van der Waals surface area contributed by atoms with Crippen LogP contribution < -0.4 is 0 Å². The van der Waals surface area contributed by atoms with Gasteiger partial charge < -0.3 is 9.84 Å². The second-order valence-corrected chi connectivity index (χ2v) is 9.83. The van der Waals surface area contributed by atoms with Crippen molar-refractivity contribution in [2.24, 2.45) is 35.0 Å². The highest BCUT2D eigenvalue weighted by atomic mass is 19.4. The minimum absolute atomic E-state index is 0.177. The predicted octanol–water partition coefficient (Wildman–Crippen LogP) is 5.26. The van der Waals surface area contributed by atoms with Crippen LogP contribution in [0.25, 0.3) is 0 Å². The molecule has 4 bridgehead atoms. The van der Waals surface area contributed by atoms with E-state index in [9.17, 15) is 36.2 Å². The van der Waals surface area contributed by atoms with E-state index < -0.39 is 53.2 Å². The summed E-state index contributed by atoms with van der Waals surface area (Å²) in [7, 11) is 0. The lowest BCUT2D eigenvalue weighted by Crippen LogP contribution is -2.69. The number of carbonyl (C=O) groups is 1. The summed E-state index contributed by atoms with van der Waals surface area (Å²) in [6.07, 6.45) is -11.5. The zero-order chi connectivity index (χ0) is 22.0. The van der Waals surface area contributed by atoms with Gasteiger partial charge in [-0.25, -0.2) is 0 Å². The maximum atomic E-state index is 13.7. The predicted molar refractivity (Wildman–Crippen MR) is 91.5 cm³/mol. The summed E-state index contributed by atoms with van der Waals surface area (Å²) in [5, 5.41) is 10.2. The van der Waals surface area contributed by atoms with Gasteiger partial charge in [-0.05, 0) is 76.0 Å². The molecule has 0 spiro atoms. The number of rotatable bonds is 5. The molecule has 1 unspecified atom stereocenters. The maximum absolute atomic E-state index is 13.7. The van der Waals surface area contributed by atoms with Gasteiger partial charge in [-0.1, -0.05) is 6.92 Å². The van der Waals surface area contributed by atoms with Gasteiger partial charge in [0.05, 0.1) is 5.41 Å². The van der Waals surface area contributed by atoms with E-state index in [1.165, 1.54) is 13.8 Å². The highest BCUT2D eigenvalue weighted by molar-refractivity contribution is 5.76. The third-order valence-corrected chi connectivity index (χ3v) is 7.60. The van der Waals surface area contributed by atoms with Crippen LogP contribution in [-0.2, 0) is 9.53 Å². The van der Waals surface area contributed by atoms with Crippen molar-refractivity contribution in [3.05, 3.63) is 0 Å². The Kier molecular flexibility index (Phi) is 5.49. The average molecular weight is 430 g/mol. The van der Waals surface area contributed by atoms with Crippen LogP contribution >= 0.6 is 0 Å². The molecule has 0 heterocycles.